The molecule has 104 valence electrons. The van der Waals surface area contributed by atoms with Gasteiger partial charge < -0.3 is 11.1 Å². The molecule has 0 radical (unpaired) electrons. The molecule has 0 bridgehead atoms. The van der Waals surface area contributed by atoms with Gasteiger partial charge in [-0.1, -0.05) is 6.07 Å². The first-order chi connectivity index (χ1) is 9.49. The maximum Gasteiger partial charge on any atom is 0.251 e. The summed E-state index contributed by atoms with van der Waals surface area (Å²) in [4.78, 5) is 25.3. The Morgan fingerprint density at radius 2 is 2.10 bits per heavy atom. The molecule has 2 rings (SSSR count). The number of hydrogen-bond acceptors (Lipinski definition) is 4. The van der Waals surface area contributed by atoms with Gasteiger partial charge in [0, 0.05) is 15.8 Å². The van der Waals surface area contributed by atoms with Gasteiger partial charge in [0.05, 0.1) is 5.56 Å². The molecule has 0 unspecified atom stereocenters. The van der Waals surface area contributed by atoms with Crippen molar-refractivity contribution in [1.82, 2.24) is 0 Å². The first-order valence-corrected chi connectivity index (χ1v) is 7.61. The van der Waals surface area contributed by atoms with Gasteiger partial charge in [-0.05, 0) is 36.9 Å². The number of aryl methyl sites for hydroxylation is 1. The van der Waals surface area contributed by atoms with Crippen molar-refractivity contribution in [2.75, 3.05) is 5.32 Å². The monoisotopic (exact) mass is 306 g/mol. The highest BCUT2D eigenvalue weighted by Gasteiger charge is 2.18. The number of carbonyl (C=O) groups excluding carboxylic acids is 2. The molecule has 20 heavy (non-hydrogen) atoms. The third-order valence-electron chi connectivity index (χ3n) is 2.81. The summed E-state index contributed by atoms with van der Waals surface area (Å²) in [5.41, 5.74) is 6.57. The summed E-state index contributed by atoms with van der Waals surface area (Å²) in [5.74, 6) is -0.800. The zero-order valence-corrected chi connectivity index (χ0v) is 12.7. The second-order valence-corrected chi connectivity index (χ2v) is 6.39. The zero-order valence-electron chi connectivity index (χ0n) is 11.1. The Bertz CT molecular complexity index is 670. The molecule has 0 aromatic carbocycles. The standard InChI is InChI=1S/C14H14N2O2S2/c1-8-9(2)20-14(12(8)13(15)18)16-11(17)6-5-10-4-3-7-19-10/h3-7H,1-2H3,(H2,15,18)(H,16,17). The average Bonchev–Trinajstić information content (AvgIpc) is 2.96. The van der Waals surface area contributed by atoms with Crippen molar-refractivity contribution in [2.45, 2.75) is 13.8 Å². The Kier molecular flexibility index (Phi) is 4.36. The number of nitrogens with one attached hydrogen (secondary N) is 1. The van der Waals surface area contributed by atoms with Crippen LogP contribution in [0.1, 0.15) is 25.7 Å². The van der Waals surface area contributed by atoms with Gasteiger partial charge in [0.2, 0.25) is 5.91 Å². The van der Waals surface area contributed by atoms with E-state index in [2.05, 4.69) is 5.32 Å². The lowest BCUT2D eigenvalue weighted by Gasteiger charge is -2.01. The first-order valence-electron chi connectivity index (χ1n) is 5.91. The maximum absolute atomic E-state index is 11.9. The lowest BCUT2D eigenvalue weighted by atomic mass is 10.1. The Balaban J connectivity index is 2.16. The predicted molar refractivity (Wildman–Crippen MR) is 84.3 cm³/mol. The molecule has 0 aliphatic carbocycles. The molecule has 0 fully saturated rings. The summed E-state index contributed by atoms with van der Waals surface area (Å²) < 4.78 is 0. The van der Waals surface area contributed by atoms with E-state index in [0.29, 0.717) is 10.6 Å². The largest absolute Gasteiger partial charge is 0.365 e. The van der Waals surface area contributed by atoms with Gasteiger partial charge in [-0.15, -0.1) is 22.7 Å². The van der Waals surface area contributed by atoms with Crippen LogP contribution in [0.4, 0.5) is 5.00 Å². The number of nitrogens with two attached hydrogens (primary N) is 1. The second-order valence-electron chi connectivity index (χ2n) is 4.19. The van der Waals surface area contributed by atoms with Crippen LogP contribution in [0.25, 0.3) is 6.08 Å². The van der Waals surface area contributed by atoms with Crippen LogP contribution in [0.3, 0.4) is 0 Å². The Morgan fingerprint density at radius 3 is 2.70 bits per heavy atom. The molecule has 4 nitrogen and oxygen atoms in total. The Labute approximate surface area is 124 Å². The SMILES string of the molecule is Cc1sc(NC(=O)C=Cc2cccs2)c(C(N)=O)c1C. The number of amides is 2. The summed E-state index contributed by atoms with van der Waals surface area (Å²) in [6, 6.07) is 3.84. The highest BCUT2D eigenvalue weighted by molar-refractivity contribution is 7.16. The zero-order chi connectivity index (χ0) is 14.7. The van der Waals surface area contributed by atoms with Crippen LogP contribution in [0.2, 0.25) is 0 Å². The quantitative estimate of drug-likeness (QED) is 0.852. The molecule has 0 spiro atoms. The average molecular weight is 306 g/mol. The maximum atomic E-state index is 11.9. The molecule has 2 amide bonds. The molecule has 0 atom stereocenters. The summed E-state index contributed by atoms with van der Waals surface area (Å²) in [6.07, 6.45) is 3.18. The highest BCUT2D eigenvalue weighted by Crippen LogP contribution is 2.32. The second kappa shape index (κ2) is 6.02. The van der Waals surface area contributed by atoms with Crippen molar-refractivity contribution in [3.63, 3.8) is 0 Å². The summed E-state index contributed by atoms with van der Waals surface area (Å²) in [5, 5.41) is 5.16. The van der Waals surface area contributed by atoms with Crippen molar-refractivity contribution in [3.8, 4) is 0 Å². The van der Waals surface area contributed by atoms with Crippen molar-refractivity contribution in [3.05, 3.63) is 44.5 Å². The minimum absolute atomic E-state index is 0.276. The Hall–Kier alpha value is -1.92. The van der Waals surface area contributed by atoms with Gasteiger partial charge in [-0.3, -0.25) is 9.59 Å². The van der Waals surface area contributed by atoms with Gasteiger partial charge in [0.15, 0.2) is 0 Å². The first kappa shape index (κ1) is 14.5. The highest BCUT2D eigenvalue weighted by atomic mass is 32.1. The Morgan fingerprint density at radius 1 is 1.35 bits per heavy atom. The lowest BCUT2D eigenvalue weighted by Crippen LogP contribution is -2.16. The van der Waals surface area contributed by atoms with Crippen LogP contribution in [-0.4, -0.2) is 11.8 Å². The van der Waals surface area contributed by atoms with Crippen LogP contribution in [0, 0.1) is 13.8 Å². The van der Waals surface area contributed by atoms with E-state index in [1.54, 1.807) is 17.4 Å². The van der Waals surface area contributed by atoms with E-state index >= 15 is 0 Å². The van der Waals surface area contributed by atoms with E-state index in [4.69, 9.17) is 5.73 Å². The number of anilines is 1. The van der Waals surface area contributed by atoms with E-state index < -0.39 is 5.91 Å². The minimum Gasteiger partial charge on any atom is -0.365 e. The fourth-order valence-corrected chi connectivity index (χ4v) is 3.40. The van der Waals surface area contributed by atoms with Gasteiger partial charge in [0.1, 0.15) is 5.00 Å². The fourth-order valence-electron chi connectivity index (χ4n) is 1.71. The number of carbonyl (C=O) groups is 2. The van der Waals surface area contributed by atoms with E-state index in [0.717, 1.165) is 15.3 Å². The van der Waals surface area contributed by atoms with Crippen LogP contribution >= 0.6 is 22.7 Å². The van der Waals surface area contributed by atoms with Crippen LogP contribution < -0.4 is 11.1 Å². The van der Waals surface area contributed by atoms with Gasteiger partial charge in [-0.2, -0.15) is 0 Å². The number of rotatable bonds is 4. The van der Waals surface area contributed by atoms with Gasteiger partial charge >= 0.3 is 0 Å². The van der Waals surface area contributed by atoms with Crippen molar-refractivity contribution >= 4 is 45.6 Å². The van der Waals surface area contributed by atoms with Gasteiger partial charge in [-0.25, -0.2) is 0 Å². The van der Waals surface area contributed by atoms with E-state index in [-0.39, 0.29) is 5.91 Å². The topological polar surface area (TPSA) is 72.2 Å². The van der Waals surface area contributed by atoms with Gasteiger partial charge in [0.25, 0.3) is 5.91 Å². The molecule has 2 heterocycles. The summed E-state index contributed by atoms with van der Waals surface area (Å²) >= 11 is 2.90. The molecule has 0 aliphatic rings. The summed E-state index contributed by atoms with van der Waals surface area (Å²) in [7, 11) is 0. The van der Waals surface area contributed by atoms with E-state index in [9.17, 15) is 9.59 Å². The fraction of sp³-hybridized carbons (Fsp3) is 0.143. The van der Waals surface area contributed by atoms with Crippen molar-refractivity contribution < 1.29 is 9.59 Å². The van der Waals surface area contributed by atoms with Crippen molar-refractivity contribution in [1.29, 1.82) is 0 Å². The summed E-state index contributed by atoms with van der Waals surface area (Å²) in [6.45, 7) is 3.71. The van der Waals surface area contributed by atoms with E-state index in [1.807, 2.05) is 31.4 Å². The third-order valence-corrected chi connectivity index (χ3v) is 4.77. The smallest absolute Gasteiger partial charge is 0.251 e. The molecule has 2 aromatic rings. The minimum atomic E-state index is -0.524. The molecule has 3 N–H and O–H groups in total. The number of thiophene rings is 2. The van der Waals surface area contributed by atoms with E-state index in [1.165, 1.54) is 17.4 Å². The molecule has 6 heteroatoms. The lowest BCUT2D eigenvalue weighted by molar-refractivity contribution is -0.111. The molecular formula is C14H14N2O2S2. The van der Waals surface area contributed by atoms with Crippen LogP contribution in [0.15, 0.2) is 23.6 Å². The van der Waals surface area contributed by atoms with Crippen LogP contribution in [0.5, 0.6) is 0 Å². The predicted octanol–water partition coefficient (Wildman–Crippen LogP) is 3.18. The molecule has 0 saturated carbocycles. The van der Waals surface area contributed by atoms with Crippen molar-refractivity contribution in [2.24, 2.45) is 5.73 Å². The molecule has 0 saturated heterocycles. The molecule has 2 aromatic heterocycles. The molecular weight excluding hydrogens is 292 g/mol. The number of primary amides is 1. The molecule has 0 aliphatic heterocycles. The number of hydrogen-bond donors (Lipinski definition) is 2. The van der Waals surface area contributed by atoms with Crippen LogP contribution in [-0.2, 0) is 4.79 Å². The normalized spacial score (nSPS) is 10.9. The third kappa shape index (κ3) is 3.15.